The summed E-state index contributed by atoms with van der Waals surface area (Å²) in [6, 6.07) is 20.9. The number of amides is 1. The number of benzene rings is 2. The summed E-state index contributed by atoms with van der Waals surface area (Å²) in [4.78, 5) is 17.2. The maximum absolute atomic E-state index is 12.7. The maximum Gasteiger partial charge on any atom is 0.251 e. The second-order valence-corrected chi connectivity index (χ2v) is 7.18. The van der Waals surface area contributed by atoms with Gasteiger partial charge in [-0.2, -0.15) is 5.10 Å². The zero-order valence-electron chi connectivity index (χ0n) is 16.8. The van der Waals surface area contributed by atoms with Crippen molar-refractivity contribution in [3.8, 4) is 22.7 Å². The summed E-state index contributed by atoms with van der Waals surface area (Å²) < 4.78 is 7.29. The van der Waals surface area contributed by atoms with E-state index in [-0.39, 0.29) is 5.91 Å². The van der Waals surface area contributed by atoms with Crippen molar-refractivity contribution in [2.24, 2.45) is 7.05 Å². The molecule has 3 heterocycles. The number of rotatable bonds is 5. The molecule has 5 rings (SSSR count). The molecule has 152 valence electrons. The Labute approximate surface area is 178 Å². The third-order valence-corrected chi connectivity index (χ3v) is 5.14. The summed E-state index contributed by atoms with van der Waals surface area (Å²) >= 11 is 0. The fraction of sp³-hybridized carbons (Fsp3) is 0.0833. The van der Waals surface area contributed by atoms with Crippen LogP contribution in [0, 0.1) is 0 Å². The van der Waals surface area contributed by atoms with E-state index in [0.717, 1.165) is 27.9 Å². The summed E-state index contributed by atoms with van der Waals surface area (Å²) in [5.41, 5.74) is 4.86. The quantitative estimate of drug-likeness (QED) is 0.470. The molecular formula is C24H19N5O2. The van der Waals surface area contributed by atoms with E-state index in [0.29, 0.717) is 23.4 Å². The van der Waals surface area contributed by atoms with Crippen LogP contribution in [-0.2, 0) is 13.6 Å². The molecular weight excluding hydrogens is 390 g/mol. The van der Waals surface area contributed by atoms with Crippen LogP contribution in [0.1, 0.15) is 15.9 Å². The van der Waals surface area contributed by atoms with E-state index in [9.17, 15) is 4.79 Å². The van der Waals surface area contributed by atoms with Gasteiger partial charge in [0.25, 0.3) is 5.91 Å². The Hall–Kier alpha value is -4.26. The minimum absolute atomic E-state index is 0.169. The number of aromatic nitrogens is 4. The van der Waals surface area contributed by atoms with Crippen molar-refractivity contribution < 1.29 is 9.32 Å². The van der Waals surface area contributed by atoms with Crippen LogP contribution < -0.4 is 5.32 Å². The van der Waals surface area contributed by atoms with Gasteiger partial charge < -0.3 is 9.84 Å². The number of carbonyl (C=O) groups excluding carboxylic acids is 1. The lowest BCUT2D eigenvalue weighted by Gasteiger charge is -2.07. The zero-order chi connectivity index (χ0) is 21.2. The van der Waals surface area contributed by atoms with Crippen molar-refractivity contribution in [2.45, 2.75) is 6.54 Å². The molecule has 0 saturated heterocycles. The van der Waals surface area contributed by atoms with Gasteiger partial charge in [0.2, 0.25) is 0 Å². The van der Waals surface area contributed by atoms with Gasteiger partial charge in [-0.05, 0) is 35.9 Å². The van der Waals surface area contributed by atoms with Crippen LogP contribution >= 0.6 is 0 Å². The van der Waals surface area contributed by atoms with Crippen molar-refractivity contribution in [2.75, 3.05) is 0 Å². The third kappa shape index (κ3) is 3.69. The highest BCUT2D eigenvalue weighted by Gasteiger charge is 2.14. The Morgan fingerprint density at radius 3 is 2.68 bits per heavy atom. The van der Waals surface area contributed by atoms with Gasteiger partial charge in [-0.15, -0.1) is 0 Å². The first-order valence-corrected chi connectivity index (χ1v) is 9.85. The fourth-order valence-electron chi connectivity index (χ4n) is 3.47. The van der Waals surface area contributed by atoms with E-state index < -0.39 is 0 Å². The van der Waals surface area contributed by atoms with Crippen LogP contribution in [0.5, 0.6) is 0 Å². The molecule has 3 aromatic heterocycles. The molecule has 0 aliphatic carbocycles. The Morgan fingerprint density at radius 1 is 1.06 bits per heavy atom. The number of nitrogens with one attached hydrogen (secondary N) is 1. The first-order valence-electron chi connectivity index (χ1n) is 9.85. The normalized spacial score (nSPS) is 11.0. The standard InChI is InChI=1S/C24H19N5O2/c1-29-22(11-12-27-29)21-9-7-16(14-25-21)15-26-24(30)18-8-10-20-19(13-18)23(31-28-20)17-5-3-2-4-6-17/h2-14H,15H2,1H3,(H,26,30). The van der Waals surface area contributed by atoms with E-state index in [1.54, 1.807) is 29.2 Å². The van der Waals surface area contributed by atoms with Crippen molar-refractivity contribution in [1.29, 1.82) is 0 Å². The van der Waals surface area contributed by atoms with E-state index in [1.165, 1.54) is 0 Å². The highest BCUT2D eigenvalue weighted by atomic mass is 16.5. The number of aryl methyl sites for hydroxylation is 1. The molecule has 0 spiro atoms. The molecule has 0 radical (unpaired) electrons. The Kier molecular flexibility index (Phi) is 4.76. The Bertz CT molecular complexity index is 1350. The molecule has 0 bridgehead atoms. The van der Waals surface area contributed by atoms with Gasteiger partial charge in [0.05, 0.1) is 16.8 Å². The number of hydrogen-bond acceptors (Lipinski definition) is 5. The van der Waals surface area contributed by atoms with Gasteiger partial charge in [0.1, 0.15) is 5.52 Å². The van der Waals surface area contributed by atoms with Crippen LogP contribution in [0.2, 0.25) is 0 Å². The molecule has 0 atom stereocenters. The van der Waals surface area contributed by atoms with Gasteiger partial charge in [0, 0.05) is 37.1 Å². The minimum atomic E-state index is -0.169. The molecule has 0 fully saturated rings. The second-order valence-electron chi connectivity index (χ2n) is 7.18. The monoisotopic (exact) mass is 409 g/mol. The summed E-state index contributed by atoms with van der Waals surface area (Å²) in [6.07, 6.45) is 3.50. The fourth-order valence-corrected chi connectivity index (χ4v) is 3.47. The summed E-state index contributed by atoms with van der Waals surface area (Å²) in [5.74, 6) is 0.484. The molecule has 2 aromatic carbocycles. The molecule has 31 heavy (non-hydrogen) atoms. The van der Waals surface area contributed by atoms with Crippen molar-refractivity contribution in [1.82, 2.24) is 25.2 Å². The average molecular weight is 409 g/mol. The molecule has 0 aliphatic rings. The largest absolute Gasteiger partial charge is 0.355 e. The Morgan fingerprint density at radius 2 is 1.94 bits per heavy atom. The predicted molar refractivity (Wildman–Crippen MR) is 117 cm³/mol. The van der Waals surface area contributed by atoms with Gasteiger partial charge in [-0.1, -0.05) is 41.6 Å². The third-order valence-electron chi connectivity index (χ3n) is 5.14. The van der Waals surface area contributed by atoms with Crippen LogP contribution in [0.3, 0.4) is 0 Å². The van der Waals surface area contributed by atoms with Crippen LogP contribution in [0.25, 0.3) is 33.6 Å². The van der Waals surface area contributed by atoms with Crippen LogP contribution in [0.15, 0.2) is 83.6 Å². The first-order chi connectivity index (χ1) is 15.2. The Balaban J connectivity index is 1.32. The van der Waals surface area contributed by atoms with Crippen molar-refractivity contribution >= 4 is 16.8 Å². The molecule has 7 heteroatoms. The van der Waals surface area contributed by atoms with Gasteiger partial charge in [-0.25, -0.2) is 0 Å². The highest BCUT2D eigenvalue weighted by Crippen LogP contribution is 2.29. The molecule has 7 nitrogen and oxygen atoms in total. The summed E-state index contributed by atoms with van der Waals surface area (Å²) in [5, 5.41) is 12.0. The van der Waals surface area contributed by atoms with Gasteiger partial charge in [0.15, 0.2) is 5.76 Å². The topological polar surface area (TPSA) is 85.8 Å². The molecule has 1 amide bonds. The number of hydrogen-bond donors (Lipinski definition) is 1. The molecule has 0 unspecified atom stereocenters. The van der Waals surface area contributed by atoms with Crippen LogP contribution in [0.4, 0.5) is 0 Å². The highest BCUT2D eigenvalue weighted by molar-refractivity contribution is 6.00. The number of nitrogens with zero attached hydrogens (tertiary/aromatic N) is 4. The molecule has 0 aliphatic heterocycles. The smallest absolute Gasteiger partial charge is 0.251 e. The second kappa shape index (κ2) is 7.87. The minimum Gasteiger partial charge on any atom is -0.355 e. The van der Waals surface area contributed by atoms with Gasteiger partial charge in [-0.3, -0.25) is 14.5 Å². The predicted octanol–water partition coefficient (Wildman–Crippen LogP) is 4.22. The van der Waals surface area contributed by atoms with Crippen molar-refractivity contribution in [3.63, 3.8) is 0 Å². The van der Waals surface area contributed by atoms with E-state index >= 15 is 0 Å². The van der Waals surface area contributed by atoms with Crippen LogP contribution in [-0.4, -0.2) is 25.8 Å². The van der Waals surface area contributed by atoms with Crippen molar-refractivity contribution in [3.05, 3.63) is 90.3 Å². The summed E-state index contributed by atoms with van der Waals surface area (Å²) in [7, 11) is 1.88. The van der Waals surface area contributed by atoms with Gasteiger partial charge >= 0.3 is 0 Å². The molecule has 0 saturated carbocycles. The summed E-state index contributed by atoms with van der Waals surface area (Å²) in [6.45, 7) is 0.380. The average Bonchev–Trinajstić information content (AvgIpc) is 3.44. The van der Waals surface area contributed by atoms with E-state index in [2.05, 4.69) is 20.6 Å². The lowest BCUT2D eigenvalue weighted by atomic mass is 10.1. The SMILES string of the molecule is Cn1nccc1-c1ccc(CNC(=O)c2ccc3noc(-c4ccccc4)c3c2)cn1. The zero-order valence-corrected chi connectivity index (χ0v) is 16.8. The lowest BCUT2D eigenvalue weighted by molar-refractivity contribution is 0.0951. The molecule has 1 N–H and O–H groups in total. The number of carbonyl (C=O) groups is 1. The lowest BCUT2D eigenvalue weighted by Crippen LogP contribution is -2.22. The molecule has 5 aromatic rings. The number of fused-ring (bicyclic) bond motifs is 1. The maximum atomic E-state index is 12.7. The first kappa shape index (κ1) is 18.7. The number of pyridine rings is 1. The van der Waals surface area contributed by atoms with E-state index in [4.69, 9.17) is 4.52 Å². The van der Waals surface area contributed by atoms with E-state index in [1.807, 2.05) is 61.6 Å².